The molecule has 1 aliphatic rings. The van der Waals surface area contributed by atoms with Gasteiger partial charge in [0.1, 0.15) is 5.82 Å². The quantitative estimate of drug-likeness (QED) is 0.860. The fourth-order valence-corrected chi connectivity index (χ4v) is 2.70. The van der Waals surface area contributed by atoms with Crippen LogP contribution in [0.5, 0.6) is 0 Å². The van der Waals surface area contributed by atoms with Gasteiger partial charge in [-0.3, -0.25) is 0 Å². The molecule has 1 aliphatic carbocycles. The summed E-state index contributed by atoms with van der Waals surface area (Å²) in [7, 11) is 0. The minimum absolute atomic E-state index is 0.191. The van der Waals surface area contributed by atoms with Crippen molar-refractivity contribution in [1.82, 2.24) is 9.55 Å². The Balaban J connectivity index is 2.26. The summed E-state index contributed by atoms with van der Waals surface area (Å²) >= 11 is 0. The highest BCUT2D eigenvalue weighted by Gasteiger charge is 2.39. The van der Waals surface area contributed by atoms with Crippen LogP contribution in [0.4, 0.5) is 0 Å². The smallest absolute Gasteiger partial charge is 0.130 e. The van der Waals surface area contributed by atoms with Gasteiger partial charge in [0, 0.05) is 6.04 Å². The van der Waals surface area contributed by atoms with E-state index in [2.05, 4.69) is 36.6 Å². The third-order valence-corrected chi connectivity index (χ3v) is 3.80. The fourth-order valence-electron chi connectivity index (χ4n) is 2.70. The van der Waals surface area contributed by atoms with Gasteiger partial charge in [0.2, 0.25) is 0 Å². The zero-order chi connectivity index (χ0) is 12.0. The van der Waals surface area contributed by atoms with Crippen LogP contribution in [0, 0.1) is 0 Å². The maximum absolute atomic E-state index is 6.44. The van der Waals surface area contributed by atoms with Crippen molar-refractivity contribution >= 4 is 11.0 Å². The monoisotopic (exact) mass is 229 g/mol. The lowest BCUT2D eigenvalue weighted by molar-refractivity contribution is 0.228. The van der Waals surface area contributed by atoms with E-state index in [0.717, 1.165) is 24.2 Å². The van der Waals surface area contributed by atoms with Gasteiger partial charge in [-0.25, -0.2) is 4.98 Å². The van der Waals surface area contributed by atoms with Crippen molar-refractivity contribution in [2.75, 3.05) is 0 Å². The Morgan fingerprint density at radius 2 is 2.00 bits per heavy atom. The number of aromatic nitrogens is 2. The minimum Gasteiger partial charge on any atom is -0.324 e. The fraction of sp³-hybridized carbons (Fsp3) is 0.500. The summed E-state index contributed by atoms with van der Waals surface area (Å²) in [6.45, 7) is 4.39. The van der Waals surface area contributed by atoms with Gasteiger partial charge in [0.25, 0.3) is 0 Å². The van der Waals surface area contributed by atoms with Crippen molar-refractivity contribution in [1.29, 1.82) is 0 Å². The average Bonchev–Trinajstić information content (AvgIpc) is 2.65. The molecule has 17 heavy (non-hydrogen) atoms. The number of fused-ring (bicyclic) bond motifs is 1. The van der Waals surface area contributed by atoms with Gasteiger partial charge >= 0.3 is 0 Å². The highest BCUT2D eigenvalue weighted by atomic mass is 15.1. The molecule has 0 aliphatic heterocycles. The van der Waals surface area contributed by atoms with E-state index in [0.29, 0.717) is 6.04 Å². The first-order valence-electron chi connectivity index (χ1n) is 6.38. The number of hydrogen-bond donors (Lipinski definition) is 1. The van der Waals surface area contributed by atoms with E-state index in [9.17, 15) is 0 Å². The van der Waals surface area contributed by atoms with E-state index < -0.39 is 0 Å². The molecule has 0 saturated heterocycles. The van der Waals surface area contributed by atoms with Crippen molar-refractivity contribution in [3.8, 4) is 0 Å². The second-order valence-corrected chi connectivity index (χ2v) is 5.40. The van der Waals surface area contributed by atoms with Crippen LogP contribution < -0.4 is 5.73 Å². The molecule has 0 unspecified atom stereocenters. The molecule has 0 spiro atoms. The molecular formula is C14H19N3. The van der Waals surface area contributed by atoms with E-state index in [-0.39, 0.29) is 5.54 Å². The lowest BCUT2D eigenvalue weighted by Gasteiger charge is -2.38. The maximum Gasteiger partial charge on any atom is 0.130 e. The molecule has 0 radical (unpaired) electrons. The molecule has 2 N–H and O–H groups in total. The average molecular weight is 229 g/mol. The normalized spacial score (nSPS) is 18.6. The lowest BCUT2D eigenvalue weighted by Crippen LogP contribution is -2.45. The number of hydrogen-bond acceptors (Lipinski definition) is 2. The van der Waals surface area contributed by atoms with Crippen LogP contribution in [-0.4, -0.2) is 9.55 Å². The maximum atomic E-state index is 6.44. The van der Waals surface area contributed by atoms with Crippen molar-refractivity contribution in [3.05, 3.63) is 30.1 Å². The van der Waals surface area contributed by atoms with Gasteiger partial charge in [0.05, 0.1) is 16.6 Å². The first kappa shape index (κ1) is 10.8. The highest BCUT2D eigenvalue weighted by Crippen LogP contribution is 2.40. The van der Waals surface area contributed by atoms with Crippen LogP contribution in [0.3, 0.4) is 0 Å². The standard InChI is InChI=1S/C14H19N3/c1-10(2)17-12-7-4-3-6-11(12)16-13(17)14(15)8-5-9-14/h3-4,6-7,10H,5,8-9,15H2,1-2H3. The topological polar surface area (TPSA) is 43.8 Å². The summed E-state index contributed by atoms with van der Waals surface area (Å²) in [6, 6.07) is 8.70. The third kappa shape index (κ3) is 1.49. The summed E-state index contributed by atoms with van der Waals surface area (Å²) in [5.74, 6) is 1.07. The number of benzene rings is 1. The molecule has 1 fully saturated rings. The Bertz CT molecular complexity index is 550. The second-order valence-electron chi connectivity index (χ2n) is 5.40. The van der Waals surface area contributed by atoms with Gasteiger partial charge in [-0.05, 0) is 45.2 Å². The summed E-state index contributed by atoms with van der Waals surface area (Å²) < 4.78 is 2.30. The number of nitrogens with zero attached hydrogens (tertiary/aromatic N) is 2. The van der Waals surface area contributed by atoms with E-state index in [1.165, 1.54) is 11.9 Å². The van der Waals surface area contributed by atoms with Crippen LogP contribution in [0.2, 0.25) is 0 Å². The van der Waals surface area contributed by atoms with Gasteiger partial charge in [-0.15, -0.1) is 0 Å². The van der Waals surface area contributed by atoms with E-state index >= 15 is 0 Å². The van der Waals surface area contributed by atoms with E-state index in [4.69, 9.17) is 10.7 Å². The Labute approximate surface area is 102 Å². The molecule has 1 aromatic carbocycles. The van der Waals surface area contributed by atoms with Gasteiger partial charge in [-0.1, -0.05) is 12.1 Å². The summed E-state index contributed by atoms with van der Waals surface area (Å²) in [5, 5.41) is 0. The highest BCUT2D eigenvalue weighted by molar-refractivity contribution is 5.76. The summed E-state index contributed by atoms with van der Waals surface area (Å²) in [6.07, 6.45) is 3.34. The van der Waals surface area contributed by atoms with Gasteiger partial charge in [-0.2, -0.15) is 0 Å². The van der Waals surface area contributed by atoms with E-state index in [1.807, 2.05) is 6.07 Å². The van der Waals surface area contributed by atoms with Gasteiger partial charge < -0.3 is 10.3 Å². The molecule has 1 aromatic heterocycles. The van der Waals surface area contributed by atoms with Gasteiger partial charge in [0.15, 0.2) is 0 Å². The van der Waals surface area contributed by atoms with Crippen molar-refractivity contribution in [3.63, 3.8) is 0 Å². The molecule has 90 valence electrons. The zero-order valence-electron chi connectivity index (χ0n) is 10.5. The van der Waals surface area contributed by atoms with Crippen LogP contribution in [-0.2, 0) is 5.54 Å². The molecule has 0 atom stereocenters. The lowest BCUT2D eigenvalue weighted by atomic mass is 9.77. The van der Waals surface area contributed by atoms with Crippen molar-refractivity contribution in [2.24, 2.45) is 5.73 Å². The minimum atomic E-state index is -0.191. The van der Waals surface area contributed by atoms with Crippen molar-refractivity contribution in [2.45, 2.75) is 44.7 Å². The first-order chi connectivity index (χ1) is 8.12. The Morgan fingerprint density at radius 3 is 2.59 bits per heavy atom. The molecular weight excluding hydrogens is 210 g/mol. The SMILES string of the molecule is CC(C)n1c(C2(N)CCC2)nc2ccccc21. The summed E-state index contributed by atoms with van der Waals surface area (Å²) in [4.78, 5) is 4.77. The van der Waals surface area contributed by atoms with Crippen molar-refractivity contribution < 1.29 is 0 Å². The number of para-hydroxylation sites is 2. The number of imidazole rings is 1. The molecule has 1 heterocycles. The van der Waals surface area contributed by atoms with Crippen LogP contribution in [0.25, 0.3) is 11.0 Å². The molecule has 1 saturated carbocycles. The van der Waals surface area contributed by atoms with E-state index in [1.54, 1.807) is 0 Å². The van der Waals surface area contributed by atoms with Crippen LogP contribution in [0.15, 0.2) is 24.3 Å². The second kappa shape index (κ2) is 3.57. The molecule has 0 amide bonds. The summed E-state index contributed by atoms with van der Waals surface area (Å²) in [5.41, 5.74) is 8.52. The Hall–Kier alpha value is -1.35. The largest absolute Gasteiger partial charge is 0.324 e. The molecule has 3 rings (SSSR count). The Kier molecular flexibility index (Phi) is 2.26. The number of nitrogens with two attached hydrogens (primary N) is 1. The Morgan fingerprint density at radius 1 is 1.29 bits per heavy atom. The molecule has 3 heteroatoms. The predicted molar refractivity (Wildman–Crippen MR) is 69.8 cm³/mol. The molecule has 0 bridgehead atoms. The van der Waals surface area contributed by atoms with Crippen LogP contribution >= 0.6 is 0 Å². The predicted octanol–water partition coefficient (Wildman–Crippen LogP) is 2.96. The number of rotatable bonds is 2. The van der Waals surface area contributed by atoms with Crippen LogP contribution in [0.1, 0.15) is 45.0 Å². The molecule has 2 aromatic rings. The molecule has 3 nitrogen and oxygen atoms in total. The first-order valence-corrected chi connectivity index (χ1v) is 6.38. The zero-order valence-corrected chi connectivity index (χ0v) is 10.5. The third-order valence-electron chi connectivity index (χ3n) is 3.80.